The van der Waals surface area contributed by atoms with E-state index in [9.17, 15) is 19.2 Å². The number of hydrogen-bond donors (Lipinski definition) is 0. The summed E-state index contributed by atoms with van der Waals surface area (Å²) in [6.45, 7) is 9.50. The number of hydrogen-bond acceptors (Lipinski definition) is 8. The van der Waals surface area contributed by atoms with Crippen LogP contribution in [0.5, 0.6) is 0 Å². The first-order valence-electron chi connectivity index (χ1n) is 12.0. The van der Waals surface area contributed by atoms with E-state index in [0.717, 1.165) is 25.7 Å². The second kappa shape index (κ2) is 25.1. The molecule has 0 aromatic rings. The second-order valence-electron chi connectivity index (χ2n) is 7.17. The van der Waals surface area contributed by atoms with Crippen molar-refractivity contribution in [1.82, 2.24) is 0 Å². The van der Waals surface area contributed by atoms with Crippen LogP contribution in [0.4, 0.5) is 0 Å². The van der Waals surface area contributed by atoms with Crippen LogP contribution in [-0.4, -0.2) is 50.3 Å². The van der Waals surface area contributed by atoms with Gasteiger partial charge >= 0.3 is 23.9 Å². The van der Waals surface area contributed by atoms with Gasteiger partial charge in [-0.15, -0.1) is 0 Å². The van der Waals surface area contributed by atoms with Crippen LogP contribution in [0, 0.1) is 0 Å². The Kier molecular flexibility index (Phi) is 25.2. The molecule has 0 fully saturated rings. The van der Waals surface area contributed by atoms with Gasteiger partial charge in [0, 0.05) is 25.7 Å². The summed E-state index contributed by atoms with van der Waals surface area (Å²) in [5.74, 6) is -0.724. The molecule has 0 saturated carbocycles. The van der Waals surface area contributed by atoms with Gasteiger partial charge in [-0.05, 0) is 52.4 Å². The van der Waals surface area contributed by atoms with Crippen LogP contribution in [-0.2, 0) is 38.1 Å². The topological polar surface area (TPSA) is 105 Å². The van der Waals surface area contributed by atoms with Crippen molar-refractivity contribution >= 4 is 23.9 Å². The summed E-state index contributed by atoms with van der Waals surface area (Å²) < 4.78 is 19.5. The maximum atomic E-state index is 11.2. The van der Waals surface area contributed by atoms with E-state index in [4.69, 9.17) is 18.9 Å². The largest absolute Gasteiger partial charge is 0.466 e. The Labute approximate surface area is 193 Å². The van der Waals surface area contributed by atoms with Crippen molar-refractivity contribution in [3.8, 4) is 0 Å². The fourth-order valence-electron chi connectivity index (χ4n) is 2.35. The molecule has 0 aromatic heterocycles. The van der Waals surface area contributed by atoms with Gasteiger partial charge in [-0.3, -0.25) is 19.2 Å². The maximum absolute atomic E-state index is 11.2. The predicted octanol–water partition coefficient (Wildman–Crippen LogP) is 4.91. The minimum Gasteiger partial charge on any atom is -0.466 e. The molecule has 0 heterocycles. The molecule has 0 saturated heterocycles. The standard InChI is InChI=1S/C14H26O4.C10H18O4/c1-3-5-11-17-13(15)9-7-8-10-14(16)18-12-6-4-2;1-3-13-9(11)7-5-6-8-10(12)14-4-2/h3-12H2,1-2H3;3-8H2,1-2H3. The van der Waals surface area contributed by atoms with Gasteiger partial charge < -0.3 is 18.9 Å². The van der Waals surface area contributed by atoms with Crippen LogP contribution in [0.1, 0.15) is 105 Å². The third kappa shape index (κ3) is 25.9. The van der Waals surface area contributed by atoms with Gasteiger partial charge in [0.2, 0.25) is 0 Å². The Morgan fingerprint density at radius 1 is 0.438 bits per heavy atom. The maximum Gasteiger partial charge on any atom is 0.305 e. The fraction of sp³-hybridized carbons (Fsp3) is 0.833. The van der Waals surface area contributed by atoms with Crippen molar-refractivity contribution in [3.63, 3.8) is 0 Å². The quantitative estimate of drug-likeness (QED) is 0.161. The average Bonchev–Trinajstić information content (AvgIpc) is 2.76. The van der Waals surface area contributed by atoms with Crippen LogP contribution >= 0.6 is 0 Å². The van der Waals surface area contributed by atoms with Crippen LogP contribution in [0.15, 0.2) is 0 Å². The Morgan fingerprint density at radius 2 is 0.719 bits per heavy atom. The zero-order valence-corrected chi connectivity index (χ0v) is 20.6. The molecular formula is C24H44O8. The Hall–Kier alpha value is -2.12. The van der Waals surface area contributed by atoms with Crippen LogP contribution in [0.25, 0.3) is 0 Å². The number of carbonyl (C=O) groups excluding carboxylic acids is 4. The molecule has 0 amide bonds. The summed E-state index contributed by atoms with van der Waals surface area (Å²) in [5, 5.41) is 0. The van der Waals surface area contributed by atoms with Gasteiger partial charge in [0.15, 0.2) is 0 Å². The molecular weight excluding hydrogens is 416 g/mol. The summed E-state index contributed by atoms with van der Waals surface area (Å²) >= 11 is 0. The molecule has 0 spiro atoms. The summed E-state index contributed by atoms with van der Waals surface area (Å²) in [4.78, 5) is 44.2. The normalized spacial score (nSPS) is 9.88. The van der Waals surface area contributed by atoms with Crippen molar-refractivity contribution in [2.24, 2.45) is 0 Å². The van der Waals surface area contributed by atoms with E-state index in [2.05, 4.69) is 13.8 Å². The molecule has 0 radical (unpaired) electrons. The highest BCUT2D eigenvalue weighted by atomic mass is 16.5. The van der Waals surface area contributed by atoms with Crippen molar-refractivity contribution in [2.75, 3.05) is 26.4 Å². The van der Waals surface area contributed by atoms with Crippen LogP contribution in [0.3, 0.4) is 0 Å². The molecule has 0 N–H and O–H groups in total. The SMILES string of the molecule is CCCCOC(=O)CCCCC(=O)OCCCC.CCOC(=O)CCCCC(=O)OCC. The number of ether oxygens (including phenoxy) is 4. The molecule has 8 heteroatoms. The first-order chi connectivity index (χ1) is 15.4. The third-order valence-electron chi connectivity index (χ3n) is 4.16. The van der Waals surface area contributed by atoms with E-state index >= 15 is 0 Å². The van der Waals surface area contributed by atoms with E-state index in [1.165, 1.54) is 0 Å². The minimum atomic E-state index is -0.198. The summed E-state index contributed by atoms with van der Waals surface area (Å²) in [5.41, 5.74) is 0. The lowest BCUT2D eigenvalue weighted by Crippen LogP contribution is -2.07. The molecule has 0 bridgehead atoms. The molecule has 0 unspecified atom stereocenters. The number of esters is 4. The minimum absolute atomic E-state index is 0.164. The molecule has 8 nitrogen and oxygen atoms in total. The molecule has 0 aliphatic rings. The fourth-order valence-corrected chi connectivity index (χ4v) is 2.35. The number of carbonyl (C=O) groups is 4. The molecule has 0 aliphatic heterocycles. The molecule has 32 heavy (non-hydrogen) atoms. The first kappa shape index (κ1) is 32.1. The third-order valence-corrected chi connectivity index (χ3v) is 4.16. The zero-order valence-electron chi connectivity index (χ0n) is 20.6. The second-order valence-corrected chi connectivity index (χ2v) is 7.17. The molecule has 0 atom stereocenters. The van der Waals surface area contributed by atoms with Gasteiger partial charge in [0.25, 0.3) is 0 Å². The van der Waals surface area contributed by atoms with E-state index in [1.54, 1.807) is 13.8 Å². The lowest BCUT2D eigenvalue weighted by atomic mass is 10.2. The molecule has 188 valence electrons. The smallest absolute Gasteiger partial charge is 0.305 e. The highest BCUT2D eigenvalue weighted by molar-refractivity contribution is 5.71. The van der Waals surface area contributed by atoms with Crippen molar-refractivity contribution in [3.05, 3.63) is 0 Å². The lowest BCUT2D eigenvalue weighted by molar-refractivity contribution is -0.146. The highest BCUT2D eigenvalue weighted by Gasteiger charge is 2.06. The highest BCUT2D eigenvalue weighted by Crippen LogP contribution is 2.04. The number of unbranched alkanes of at least 4 members (excludes halogenated alkanes) is 4. The Balaban J connectivity index is 0. The van der Waals surface area contributed by atoms with E-state index in [0.29, 0.717) is 77.8 Å². The summed E-state index contributed by atoms with van der Waals surface area (Å²) in [6.07, 6.45) is 8.16. The van der Waals surface area contributed by atoms with Crippen molar-refractivity contribution in [2.45, 2.75) is 105 Å². The zero-order chi connectivity index (χ0) is 24.5. The van der Waals surface area contributed by atoms with E-state index in [-0.39, 0.29) is 23.9 Å². The van der Waals surface area contributed by atoms with Gasteiger partial charge in [0.1, 0.15) is 0 Å². The Morgan fingerprint density at radius 3 is 0.969 bits per heavy atom. The summed E-state index contributed by atoms with van der Waals surface area (Å²) in [6, 6.07) is 0. The molecule has 0 aliphatic carbocycles. The van der Waals surface area contributed by atoms with Crippen LogP contribution < -0.4 is 0 Å². The van der Waals surface area contributed by atoms with Crippen molar-refractivity contribution < 1.29 is 38.1 Å². The monoisotopic (exact) mass is 460 g/mol. The average molecular weight is 461 g/mol. The number of rotatable bonds is 18. The van der Waals surface area contributed by atoms with Gasteiger partial charge in [-0.25, -0.2) is 0 Å². The lowest BCUT2D eigenvalue weighted by Gasteiger charge is -2.04. The predicted molar refractivity (Wildman–Crippen MR) is 122 cm³/mol. The Bertz CT molecular complexity index is 446. The molecule has 0 rings (SSSR count). The summed E-state index contributed by atoms with van der Waals surface area (Å²) in [7, 11) is 0. The molecule has 0 aromatic carbocycles. The van der Waals surface area contributed by atoms with E-state index < -0.39 is 0 Å². The van der Waals surface area contributed by atoms with Gasteiger partial charge in [-0.2, -0.15) is 0 Å². The van der Waals surface area contributed by atoms with E-state index in [1.807, 2.05) is 0 Å². The van der Waals surface area contributed by atoms with Crippen molar-refractivity contribution in [1.29, 1.82) is 0 Å². The van der Waals surface area contributed by atoms with Gasteiger partial charge in [-0.1, -0.05) is 26.7 Å². The first-order valence-corrected chi connectivity index (χ1v) is 12.0. The van der Waals surface area contributed by atoms with Crippen LogP contribution in [0.2, 0.25) is 0 Å². The van der Waals surface area contributed by atoms with Gasteiger partial charge in [0.05, 0.1) is 26.4 Å².